The van der Waals surface area contributed by atoms with Crippen LogP contribution in [0.1, 0.15) is 45.4 Å². The Kier molecular flexibility index (Phi) is 6.27. The molecule has 0 radical (unpaired) electrons. The minimum absolute atomic E-state index is 0.212. The van der Waals surface area contributed by atoms with E-state index in [0.29, 0.717) is 18.0 Å². The van der Waals surface area contributed by atoms with Gasteiger partial charge in [0.15, 0.2) is 6.29 Å². The average molecular weight is 434 g/mol. The van der Waals surface area contributed by atoms with Crippen molar-refractivity contribution in [2.24, 2.45) is 5.92 Å². The zero-order chi connectivity index (χ0) is 22.1. The Morgan fingerprint density at radius 1 is 1.22 bits per heavy atom. The monoisotopic (exact) mass is 433 g/mol. The van der Waals surface area contributed by atoms with E-state index in [1.807, 2.05) is 0 Å². The molecule has 5 unspecified atom stereocenters. The Balaban J connectivity index is 1.51. The molecule has 0 amide bonds. The van der Waals surface area contributed by atoms with Gasteiger partial charge < -0.3 is 14.2 Å². The Morgan fingerprint density at radius 2 is 2.09 bits per heavy atom. The first-order valence-corrected chi connectivity index (χ1v) is 12.1. The summed E-state index contributed by atoms with van der Waals surface area (Å²) in [5.41, 5.74) is 3.28. The highest BCUT2D eigenvalue weighted by molar-refractivity contribution is 5.59. The van der Waals surface area contributed by atoms with Gasteiger partial charge in [-0.2, -0.15) is 0 Å². The number of hydrogen-bond acceptors (Lipinski definition) is 4. The van der Waals surface area contributed by atoms with Gasteiger partial charge in [0, 0.05) is 50.5 Å². The second-order valence-electron chi connectivity index (χ2n) is 9.67. The van der Waals surface area contributed by atoms with Gasteiger partial charge in [-0.15, -0.1) is 0 Å². The molecule has 4 nitrogen and oxygen atoms in total. The molecule has 0 aromatic carbocycles. The first-order valence-electron chi connectivity index (χ1n) is 12.1. The van der Waals surface area contributed by atoms with Crippen molar-refractivity contribution in [3.05, 3.63) is 59.3 Å². The van der Waals surface area contributed by atoms with Gasteiger partial charge in [0.05, 0.1) is 6.04 Å². The lowest BCUT2D eigenvalue weighted by Gasteiger charge is -2.37. The molecule has 5 rings (SSSR count). The van der Waals surface area contributed by atoms with E-state index < -0.39 is 0 Å². The smallest absolute Gasteiger partial charge is 0.172 e. The highest BCUT2D eigenvalue weighted by Gasteiger charge is 2.62. The van der Waals surface area contributed by atoms with Crippen LogP contribution in [0.5, 0.6) is 0 Å². The predicted octanol–water partition coefficient (Wildman–Crippen LogP) is 4.71. The molecule has 3 aliphatic heterocycles. The third-order valence-corrected chi connectivity index (χ3v) is 7.71. The van der Waals surface area contributed by atoms with Crippen molar-refractivity contribution < 1.29 is 14.2 Å². The molecule has 2 fully saturated rings. The van der Waals surface area contributed by atoms with E-state index >= 15 is 0 Å². The summed E-state index contributed by atoms with van der Waals surface area (Å²) in [7, 11) is 3.49. The Labute approximate surface area is 192 Å². The summed E-state index contributed by atoms with van der Waals surface area (Å²) in [6.07, 6.45) is 21.9. The van der Waals surface area contributed by atoms with Crippen LogP contribution in [0, 0.1) is 17.8 Å². The molecular formula is C28H35NO3. The van der Waals surface area contributed by atoms with Crippen LogP contribution in [0.15, 0.2) is 59.3 Å². The minimum Gasteiger partial charge on any atom is -0.369 e. The summed E-state index contributed by atoms with van der Waals surface area (Å²) in [5.74, 6) is 7.59. The second-order valence-corrected chi connectivity index (χ2v) is 9.67. The summed E-state index contributed by atoms with van der Waals surface area (Å²) in [4.78, 5) is 2.62. The number of allylic oxidation sites excluding steroid dienone is 7. The van der Waals surface area contributed by atoms with Gasteiger partial charge >= 0.3 is 0 Å². The van der Waals surface area contributed by atoms with Crippen molar-refractivity contribution in [1.29, 1.82) is 0 Å². The van der Waals surface area contributed by atoms with Gasteiger partial charge in [-0.25, -0.2) is 0 Å². The van der Waals surface area contributed by atoms with Crippen LogP contribution in [0.3, 0.4) is 0 Å². The number of rotatable bonds is 3. The first kappa shape index (κ1) is 21.9. The van der Waals surface area contributed by atoms with Gasteiger partial charge in [0.1, 0.15) is 5.60 Å². The maximum Gasteiger partial charge on any atom is 0.172 e. The predicted molar refractivity (Wildman–Crippen MR) is 127 cm³/mol. The highest BCUT2D eigenvalue weighted by Crippen LogP contribution is 2.55. The molecule has 1 spiro atoms. The zero-order valence-corrected chi connectivity index (χ0v) is 19.5. The van der Waals surface area contributed by atoms with E-state index in [9.17, 15) is 0 Å². The second kappa shape index (κ2) is 9.15. The molecule has 0 aromatic heterocycles. The average Bonchev–Trinajstić information content (AvgIpc) is 3.22. The zero-order valence-electron chi connectivity index (χ0n) is 19.5. The molecular weight excluding hydrogens is 398 g/mol. The maximum absolute atomic E-state index is 6.73. The molecule has 2 saturated heterocycles. The van der Waals surface area contributed by atoms with Crippen molar-refractivity contribution in [2.45, 2.75) is 75.5 Å². The van der Waals surface area contributed by atoms with E-state index in [0.717, 1.165) is 56.3 Å². The van der Waals surface area contributed by atoms with Crippen molar-refractivity contribution in [1.82, 2.24) is 4.90 Å². The van der Waals surface area contributed by atoms with Gasteiger partial charge in [-0.3, -0.25) is 4.90 Å². The molecule has 170 valence electrons. The Bertz CT molecular complexity index is 941. The van der Waals surface area contributed by atoms with Crippen molar-refractivity contribution >= 4 is 0 Å². The maximum atomic E-state index is 6.73. The first-order chi connectivity index (χ1) is 15.7. The molecule has 0 N–H and O–H groups in total. The van der Waals surface area contributed by atoms with Gasteiger partial charge in [0.25, 0.3) is 0 Å². The largest absolute Gasteiger partial charge is 0.369 e. The fourth-order valence-corrected chi connectivity index (χ4v) is 6.32. The molecule has 3 heterocycles. The topological polar surface area (TPSA) is 30.9 Å². The summed E-state index contributed by atoms with van der Waals surface area (Å²) < 4.78 is 18.1. The molecule has 2 bridgehead atoms. The number of hydrogen-bond donors (Lipinski definition) is 0. The minimum atomic E-state index is -0.249. The molecule has 32 heavy (non-hydrogen) atoms. The van der Waals surface area contributed by atoms with E-state index in [4.69, 9.17) is 14.2 Å². The van der Waals surface area contributed by atoms with Crippen LogP contribution in [-0.4, -0.2) is 55.7 Å². The van der Waals surface area contributed by atoms with Crippen LogP contribution in [-0.2, 0) is 14.2 Å². The number of nitrogens with zero attached hydrogens (tertiary/aromatic N) is 1. The summed E-state index contributed by atoms with van der Waals surface area (Å²) in [5, 5.41) is 0. The number of methoxy groups -OCH3 is 2. The Morgan fingerprint density at radius 3 is 2.94 bits per heavy atom. The number of fused-ring (bicyclic) bond motifs is 3. The Hall–Kier alpha value is -1.90. The molecule has 0 aromatic rings. The van der Waals surface area contributed by atoms with Crippen molar-refractivity contribution in [2.75, 3.05) is 20.8 Å². The summed E-state index contributed by atoms with van der Waals surface area (Å²) in [6.45, 7) is 3.06. The van der Waals surface area contributed by atoms with Gasteiger partial charge in [-0.05, 0) is 49.7 Å². The third kappa shape index (κ3) is 3.76. The summed E-state index contributed by atoms with van der Waals surface area (Å²) in [6, 6.07) is 0.914. The normalized spacial score (nSPS) is 36.2. The lowest BCUT2D eigenvalue weighted by molar-refractivity contribution is -0.145. The summed E-state index contributed by atoms with van der Waals surface area (Å²) >= 11 is 0. The van der Waals surface area contributed by atoms with Crippen LogP contribution in [0.25, 0.3) is 0 Å². The van der Waals surface area contributed by atoms with Gasteiger partial charge in [-0.1, -0.05) is 55.2 Å². The number of ether oxygens (including phenoxy) is 3. The van der Waals surface area contributed by atoms with Crippen LogP contribution < -0.4 is 0 Å². The lowest BCUT2D eigenvalue weighted by atomic mass is 9.76. The quantitative estimate of drug-likeness (QED) is 0.477. The fraction of sp³-hybridized carbons (Fsp3) is 0.571. The molecule has 5 aliphatic rings. The van der Waals surface area contributed by atoms with Crippen molar-refractivity contribution in [3.8, 4) is 11.8 Å². The van der Waals surface area contributed by atoms with Crippen LogP contribution >= 0.6 is 0 Å². The van der Waals surface area contributed by atoms with E-state index in [1.54, 1.807) is 14.2 Å². The van der Waals surface area contributed by atoms with Crippen LogP contribution in [0.2, 0.25) is 0 Å². The third-order valence-electron chi connectivity index (χ3n) is 7.71. The standard InChI is InChI=1S/C28H35NO3/c1-20-8-6-10-21(11-7-9-20)13-14-22-18-23-19-28(24(22)12-4-5-17-32-28)26-16-15-25(29(23)26)27(30-2)31-3/h6-8,10-12,18,20,23,25-27H,4-5,9,15-17,19H2,1-3H3. The molecule has 2 aliphatic carbocycles. The molecule has 0 saturated carbocycles. The molecule has 4 heteroatoms. The highest BCUT2D eigenvalue weighted by atomic mass is 16.7. The lowest BCUT2D eigenvalue weighted by Crippen LogP contribution is -2.48. The van der Waals surface area contributed by atoms with Crippen LogP contribution in [0.4, 0.5) is 0 Å². The van der Waals surface area contributed by atoms with E-state index in [2.05, 4.69) is 66.2 Å². The SMILES string of the molecule is COC(OC)C1CCC2N1C1C=C(C#CC3=CC=CC(C)CC=C3)C3=CCCCOC32C1. The van der Waals surface area contributed by atoms with E-state index in [-0.39, 0.29) is 17.9 Å². The van der Waals surface area contributed by atoms with Gasteiger partial charge in [0.2, 0.25) is 0 Å². The molecule has 5 atom stereocenters. The fourth-order valence-electron chi connectivity index (χ4n) is 6.32. The van der Waals surface area contributed by atoms with E-state index in [1.165, 1.54) is 5.57 Å². The van der Waals surface area contributed by atoms with Crippen molar-refractivity contribution in [3.63, 3.8) is 0 Å².